The van der Waals surface area contributed by atoms with Crippen molar-refractivity contribution in [3.8, 4) is 0 Å². The van der Waals surface area contributed by atoms with Crippen LogP contribution in [0.1, 0.15) is 63.0 Å². The minimum Gasteiger partial charge on any atom is -0.462 e. The van der Waals surface area contributed by atoms with Crippen LogP contribution < -0.4 is 0 Å². The van der Waals surface area contributed by atoms with Crippen molar-refractivity contribution in [2.75, 3.05) is 19.7 Å². The van der Waals surface area contributed by atoms with Crippen molar-refractivity contribution in [2.24, 2.45) is 23.2 Å². The van der Waals surface area contributed by atoms with E-state index in [2.05, 4.69) is 11.8 Å². The summed E-state index contributed by atoms with van der Waals surface area (Å²) in [7, 11) is 0. The lowest BCUT2D eigenvalue weighted by atomic mass is 9.53. The molecule has 0 amide bonds. The van der Waals surface area contributed by atoms with Gasteiger partial charge in [-0.1, -0.05) is 67.6 Å². The first-order valence-electron chi connectivity index (χ1n) is 14.3. The Bertz CT molecular complexity index is 1110. The van der Waals surface area contributed by atoms with Gasteiger partial charge in [0.1, 0.15) is 11.7 Å². The van der Waals surface area contributed by atoms with Gasteiger partial charge >= 0.3 is 5.97 Å². The van der Waals surface area contributed by atoms with Crippen LogP contribution >= 0.6 is 0 Å². The molecule has 7 atom stereocenters. The minimum atomic E-state index is -1.14. The summed E-state index contributed by atoms with van der Waals surface area (Å²) in [6.45, 7) is 4.85. The summed E-state index contributed by atoms with van der Waals surface area (Å²) in [5, 5.41) is 12.5. The number of hydrogen-bond donors (Lipinski definition) is 1. The predicted molar refractivity (Wildman–Crippen MR) is 141 cm³/mol. The monoisotopic (exact) mass is 501 g/mol. The van der Waals surface area contributed by atoms with E-state index in [0.717, 1.165) is 50.0 Å². The van der Waals surface area contributed by atoms with Crippen LogP contribution in [0.3, 0.4) is 0 Å². The summed E-state index contributed by atoms with van der Waals surface area (Å²) in [6, 6.07) is 20.0. The van der Waals surface area contributed by atoms with E-state index in [1.807, 2.05) is 60.7 Å². The van der Waals surface area contributed by atoms with Crippen LogP contribution in [-0.4, -0.2) is 53.4 Å². The normalized spacial score (nSPS) is 39.3. The van der Waals surface area contributed by atoms with Gasteiger partial charge in [-0.15, -0.1) is 0 Å². The van der Waals surface area contributed by atoms with Crippen molar-refractivity contribution in [3.63, 3.8) is 0 Å². The van der Waals surface area contributed by atoms with Crippen LogP contribution in [0.2, 0.25) is 0 Å². The van der Waals surface area contributed by atoms with E-state index < -0.39 is 5.60 Å². The molecule has 5 aliphatic rings. The molecule has 0 aromatic heterocycles. The Morgan fingerprint density at radius 1 is 1.03 bits per heavy atom. The van der Waals surface area contributed by atoms with E-state index in [9.17, 15) is 9.90 Å². The third kappa shape index (κ3) is 3.72. The molecular formula is C32H39NO4. The van der Waals surface area contributed by atoms with Crippen LogP contribution in [0.4, 0.5) is 0 Å². The Morgan fingerprint density at radius 2 is 1.70 bits per heavy atom. The lowest BCUT2D eigenvalue weighted by Crippen LogP contribution is -2.53. The van der Waals surface area contributed by atoms with Crippen molar-refractivity contribution in [3.05, 3.63) is 71.8 Å². The molecule has 3 heterocycles. The van der Waals surface area contributed by atoms with E-state index in [0.29, 0.717) is 12.5 Å². The highest BCUT2D eigenvalue weighted by molar-refractivity contribution is 5.75. The number of likely N-dealkylation sites (tertiary alicyclic amines) is 1. The number of aliphatic hydroxyl groups is 1. The molecule has 0 unspecified atom stereocenters. The molecule has 5 nitrogen and oxygen atoms in total. The van der Waals surface area contributed by atoms with Crippen molar-refractivity contribution in [1.29, 1.82) is 0 Å². The standard InChI is InChI=1S/C32H39NO4/c1-30-15-9-16-31(21-36-31)27(30)18-24-25(29(34)37-26(24)19-30)20-33-17-8-14-28(33)32(35,22-10-4-2-5-11-22)23-12-6-3-7-13-23/h2-7,10-13,24-28,35H,8-9,14-21H2,1H3/t24-,25+,26-,27-,28+,30-,31+/m1/s1. The molecule has 3 aliphatic heterocycles. The van der Waals surface area contributed by atoms with Gasteiger partial charge in [0, 0.05) is 18.5 Å². The number of fused-ring (bicyclic) bond motifs is 3. The van der Waals surface area contributed by atoms with Crippen LogP contribution in [0.15, 0.2) is 60.7 Å². The molecule has 1 spiro atoms. The zero-order chi connectivity index (χ0) is 25.3. The van der Waals surface area contributed by atoms with Gasteiger partial charge in [-0.3, -0.25) is 9.69 Å². The Labute approximate surface area is 220 Å². The first-order chi connectivity index (χ1) is 17.9. The fraction of sp³-hybridized carbons (Fsp3) is 0.594. The number of epoxide rings is 1. The summed E-state index contributed by atoms with van der Waals surface area (Å²) in [5.41, 5.74) is 0.955. The lowest BCUT2D eigenvalue weighted by molar-refractivity contribution is -0.147. The highest BCUT2D eigenvalue weighted by Gasteiger charge is 2.65. The summed E-state index contributed by atoms with van der Waals surface area (Å²) in [4.78, 5) is 15.8. The molecule has 0 bridgehead atoms. The molecule has 1 N–H and O–H groups in total. The van der Waals surface area contributed by atoms with Crippen molar-refractivity contribution in [1.82, 2.24) is 4.90 Å². The van der Waals surface area contributed by atoms with Gasteiger partial charge in [0.15, 0.2) is 0 Å². The molecule has 2 aromatic rings. The molecule has 2 aromatic carbocycles. The van der Waals surface area contributed by atoms with Crippen LogP contribution in [0.5, 0.6) is 0 Å². The number of carbonyl (C=O) groups excluding carboxylic acids is 1. The fourth-order valence-corrected chi connectivity index (χ4v) is 8.87. The van der Waals surface area contributed by atoms with E-state index in [1.165, 1.54) is 19.3 Å². The molecule has 2 aliphatic carbocycles. The Morgan fingerprint density at radius 3 is 2.35 bits per heavy atom. The predicted octanol–water partition coefficient (Wildman–Crippen LogP) is 4.91. The molecule has 5 fully saturated rings. The first-order valence-corrected chi connectivity index (χ1v) is 14.3. The zero-order valence-electron chi connectivity index (χ0n) is 21.9. The van der Waals surface area contributed by atoms with Gasteiger partial charge in [0.2, 0.25) is 0 Å². The number of nitrogens with zero attached hydrogens (tertiary/aromatic N) is 1. The largest absolute Gasteiger partial charge is 0.462 e. The molecule has 37 heavy (non-hydrogen) atoms. The summed E-state index contributed by atoms with van der Waals surface area (Å²) in [5.74, 6) is 0.597. The van der Waals surface area contributed by atoms with Crippen LogP contribution in [-0.2, 0) is 19.9 Å². The van der Waals surface area contributed by atoms with Gasteiger partial charge in [0.05, 0.1) is 18.1 Å². The van der Waals surface area contributed by atoms with Gasteiger partial charge in [-0.25, -0.2) is 0 Å². The Balaban J connectivity index is 1.18. The summed E-state index contributed by atoms with van der Waals surface area (Å²) >= 11 is 0. The van der Waals surface area contributed by atoms with Crippen molar-refractivity contribution < 1.29 is 19.4 Å². The average Bonchev–Trinajstić information content (AvgIpc) is 3.40. The average molecular weight is 502 g/mol. The zero-order valence-corrected chi connectivity index (χ0v) is 21.9. The number of carbonyl (C=O) groups is 1. The second-order valence-corrected chi connectivity index (χ2v) is 12.8. The molecule has 0 radical (unpaired) electrons. The molecule has 196 valence electrons. The van der Waals surface area contributed by atoms with Crippen molar-refractivity contribution in [2.45, 2.75) is 75.2 Å². The molecule has 2 saturated carbocycles. The highest BCUT2D eigenvalue weighted by atomic mass is 16.6. The van der Waals surface area contributed by atoms with Gasteiger partial charge < -0.3 is 14.6 Å². The van der Waals surface area contributed by atoms with E-state index in [-0.39, 0.29) is 41.0 Å². The maximum absolute atomic E-state index is 13.4. The first kappa shape index (κ1) is 23.9. The highest BCUT2D eigenvalue weighted by Crippen LogP contribution is 2.63. The molecule has 7 rings (SSSR count). The van der Waals surface area contributed by atoms with Gasteiger partial charge in [-0.2, -0.15) is 0 Å². The summed E-state index contributed by atoms with van der Waals surface area (Å²) < 4.78 is 12.2. The number of esters is 1. The smallest absolute Gasteiger partial charge is 0.310 e. The quantitative estimate of drug-likeness (QED) is 0.466. The second-order valence-electron chi connectivity index (χ2n) is 12.8. The fourth-order valence-electron chi connectivity index (χ4n) is 8.87. The van der Waals surface area contributed by atoms with E-state index in [1.54, 1.807) is 0 Å². The Kier molecular flexibility index (Phi) is 5.58. The van der Waals surface area contributed by atoms with Crippen LogP contribution in [0, 0.1) is 23.2 Å². The molecule has 5 heteroatoms. The maximum Gasteiger partial charge on any atom is 0.310 e. The topological polar surface area (TPSA) is 62.3 Å². The summed E-state index contributed by atoms with van der Waals surface area (Å²) in [6.07, 6.45) is 7.52. The Hall–Kier alpha value is -2.21. The third-order valence-corrected chi connectivity index (χ3v) is 10.8. The molecular weight excluding hydrogens is 462 g/mol. The SMILES string of the molecule is C[C@]12CCC[C@]3(CO3)[C@@H]1C[C@@H]1[C@H](CN3CCC[C@H]3C(O)(c3ccccc3)c3ccccc3)C(=O)O[C@@H]1C2. The number of rotatable bonds is 5. The lowest BCUT2D eigenvalue weighted by Gasteiger charge is -2.51. The number of benzene rings is 2. The minimum absolute atomic E-state index is 0.0239. The van der Waals surface area contributed by atoms with Gasteiger partial charge in [0.25, 0.3) is 0 Å². The van der Waals surface area contributed by atoms with E-state index in [4.69, 9.17) is 9.47 Å². The van der Waals surface area contributed by atoms with Gasteiger partial charge in [-0.05, 0) is 74.0 Å². The van der Waals surface area contributed by atoms with E-state index >= 15 is 0 Å². The third-order valence-electron chi connectivity index (χ3n) is 10.8. The molecule has 3 saturated heterocycles. The maximum atomic E-state index is 13.4. The number of hydrogen-bond acceptors (Lipinski definition) is 5. The van der Waals surface area contributed by atoms with Crippen LogP contribution in [0.25, 0.3) is 0 Å². The number of ether oxygens (including phenoxy) is 2. The van der Waals surface area contributed by atoms with Crippen molar-refractivity contribution >= 4 is 5.97 Å². The second kappa shape index (κ2) is 8.65.